The minimum Gasteiger partial charge on any atom is -0.476 e. The van der Waals surface area contributed by atoms with Gasteiger partial charge in [-0.3, -0.25) is 9.48 Å². The number of fused-ring (bicyclic) bond motifs is 1. The topological polar surface area (TPSA) is 85.2 Å². The van der Waals surface area contributed by atoms with Crippen LogP contribution < -0.4 is 10.1 Å². The van der Waals surface area contributed by atoms with Crippen molar-refractivity contribution in [2.45, 2.75) is 0 Å². The maximum atomic E-state index is 12.7. The minimum atomic E-state index is -0.268. The molecular formula is C23H24N6O2. The Balaban J connectivity index is 1.50. The van der Waals surface area contributed by atoms with Gasteiger partial charge in [0.2, 0.25) is 5.88 Å². The summed E-state index contributed by atoms with van der Waals surface area (Å²) in [6, 6.07) is 11.3. The molecule has 3 heterocycles. The van der Waals surface area contributed by atoms with E-state index in [1.807, 2.05) is 56.6 Å². The summed E-state index contributed by atoms with van der Waals surface area (Å²) in [4.78, 5) is 23.3. The molecule has 1 aromatic carbocycles. The Bertz CT molecular complexity index is 1220. The number of rotatable bonds is 7. The second kappa shape index (κ2) is 8.93. The van der Waals surface area contributed by atoms with Gasteiger partial charge in [0.25, 0.3) is 5.91 Å². The molecule has 0 saturated heterocycles. The van der Waals surface area contributed by atoms with E-state index in [2.05, 4.69) is 26.4 Å². The van der Waals surface area contributed by atoms with Gasteiger partial charge in [-0.1, -0.05) is 12.1 Å². The first kappa shape index (κ1) is 20.5. The number of nitrogens with zero attached hydrogens (tertiary/aromatic N) is 5. The Morgan fingerprint density at radius 1 is 1.06 bits per heavy atom. The van der Waals surface area contributed by atoms with Crippen molar-refractivity contribution in [2.75, 3.05) is 32.6 Å². The molecule has 0 unspecified atom stereocenters. The van der Waals surface area contributed by atoms with Crippen LogP contribution in [0.3, 0.4) is 0 Å². The second-order valence-corrected chi connectivity index (χ2v) is 7.52. The van der Waals surface area contributed by atoms with Crippen molar-refractivity contribution in [3.05, 3.63) is 66.7 Å². The number of aryl methyl sites for hydroxylation is 1. The summed E-state index contributed by atoms with van der Waals surface area (Å²) in [6.45, 7) is 1.26. The molecule has 0 radical (unpaired) electrons. The van der Waals surface area contributed by atoms with E-state index in [-0.39, 0.29) is 5.91 Å². The van der Waals surface area contributed by atoms with Gasteiger partial charge in [-0.15, -0.1) is 0 Å². The Labute approximate surface area is 180 Å². The molecule has 0 aliphatic rings. The average Bonchev–Trinajstić information content (AvgIpc) is 3.19. The zero-order valence-corrected chi connectivity index (χ0v) is 17.7. The van der Waals surface area contributed by atoms with Crippen LogP contribution in [0.5, 0.6) is 5.88 Å². The van der Waals surface area contributed by atoms with Crippen LogP contribution in [-0.2, 0) is 7.05 Å². The van der Waals surface area contributed by atoms with Gasteiger partial charge in [-0.25, -0.2) is 9.97 Å². The number of hydrogen-bond acceptors (Lipinski definition) is 6. The Hall–Kier alpha value is -3.78. The van der Waals surface area contributed by atoms with E-state index < -0.39 is 0 Å². The van der Waals surface area contributed by atoms with Crippen LogP contribution >= 0.6 is 0 Å². The van der Waals surface area contributed by atoms with E-state index in [0.717, 1.165) is 28.4 Å². The summed E-state index contributed by atoms with van der Waals surface area (Å²) in [5.41, 5.74) is 2.55. The highest BCUT2D eigenvalue weighted by molar-refractivity contribution is 6.04. The SMILES string of the molecule is CN(C)CCOc1cc(C(=O)Nc2cc3cc(-c4cnn(C)c4)ccc3cn2)ccn1. The highest BCUT2D eigenvalue weighted by Crippen LogP contribution is 2.25. The van der Waals surface area contributed by atoms with Gasteiger partial charge in [-0.2, -0.15) is 5.10 Å². The number of carbonyl (C=O) groups is 1. The van der Waals surface area contributed by atoms with Crippen LogP contribution in [0.2, 0.25) is 0 Å². The first-order valence-electron chi connectivity index (χ1n) is 9.92. The first-order chi connectivity index (χ1) is 15.0. The van der Waals surface area contributed by atoms with Gasteiger partial charge < -0.3 is 15.0 Å². The quantitative estimate of drug-likeness (QED) is 0.498. The molecule has 0 aliphatic carbocycles. The van der Waals surface area contributed by atoms with E-state index in [9.17, 15) is 4.79 Å². The van der Waals surface area contributed by atoms with Gasteiger partial charge in [0.15, 0.2) is 0 Å². The zero-order chi connectivity index (χ0) is 21.8. The number of hydrogen-bond donors (Lipinski definition) is 1. The van der Waals surface area contributed by atoms with Gasteiger partial charge in [0, 0.05) is 54.8 Å². The summed E-state index contributed by atoms with van der Waals surface area (Å²) in [5.74, 6) is 0.630. The number of ether oxygens (including phenoxy) is 1. The minimum absolute atomic E-state index is 0.268. The maximum Gasteiger partial charge on any atom is 0.257 e. The van der Waals surface area contributed by atoms with Crippen molar-refractivity contribution < 1.29 is 9.53 Å². The molecule has 4 rings (SSSR count). The van der Waals surface area contributed by atoms with E-state index >= 15 is 0 Å². The van der Waals surface area contributed by atoms with Gasteiger partial charge in [-0.05, 0) is 43.2 Å². The van der Waals surface area contributed by atoms with Crippen LogP contribution in [0.1, 0.15) is 10.4 Å². The Morgan fingerprint density at radius 2 is 1.94 bits per heavy atom. The molecule has 4 aromatic rings. The number of anilines is 1. The van der Waals surface area contributed by atoms with Crippen LogP contribution in [-0.4, -0.2) is 57.8 Å². The predicted octanol–water partition coefficient (Wildman–Crippen LogP) is 3.22. The molecule has 0 saturated carbocycles. The van der Waals surface area contributed by atoms with E-state index in [0.29, 0.717) is 23.9 Å². The highest BCUT2D eigenvalue weighted by Gasteiger charge is 2.10. The molecule has 31 heavy (non-hydrogen) atoms. The average molecular weight is 416 g/mol. The molecule has 3 aromatic heterocycles. The summed E-state index contributed by atoms with van der Waals surface area (Å²) >= 11 is 0. The third-order valence-electron chi connectivity index (χ3n) is 4.79. The number of carbonyl (C=O) groups excluding carboxylic acids is 1. The third-order valence-corrected chi connectivity index (χ3v) is 4.79. The molecule has 1 amide bonds. The molecule has 0 fully saturated rings. The van der Waals surface area contributed by atoms with Crippen molar-refractivity contribution in [1.29, 1.82) is 0 Å². The number of aromatic nitrogens is 4. The molecule has 8 heteroatoms. The van der Waals surface area contributed by atoms with Crippen LogP contribution in [0.25, 0.3) is 21.9 Å². The number of likely N-dealkylation sites (N-methyl/N-ethyl adjacent to an activating group) is 1. The summed E-state index contributed by atoms with van der Waals surface area (Å²) in [6.07, 6.45) is 7.10. The second-order valence-electron chi connectivity index (χ2n) is 7.52. The molecule has 0 atom stereocenters. The fraction of sp³-hybridized carbons (Fsp3) is 0.217. The van der Waals surface area contributed by atoms with Crippen LogP contribution in [0.4, 0.5) is 5.82 Å². The summed E-state index contributed by atoms with van der Waals surface area (Å²) < 4.78 is 7.39. The number of amides is 1. The lowest BCUT2D eigenvalue weighted by molar-refractivity contribution is 0.102. The lowest BCUT2D eigenvalue weighted by atomic mass is 10.1. The first-order valence-corrected chi connectivity index (χ1v) is 9.92. The Kier molecular flexibility index (Phi) is 5.90. The normalized spacial score (nSPS) is 11.1. The highest BCUT2D eigenvalue weighted by atomic mass is 16.5. The van der Waals surface area contributed by atoms with Gasteiger partial charge >= 0.3 is 0 Å². The van der Waals surface area contributed by atoms with Crippen LogP contribution in [0, 0.1) is 0 Å². The van der Waals surface area contributed by atoms with Crippen LogP contribution in [0.15, 0.2) is 61.2 Å². The lowest BCUT2D eigenvalue weighted by Gasteiger charge is -2.11. The third kappa shape index (κ3) is 5.04. The molecular weight excluding hydrogens is 392 g/mol. The fourth-order valence-corrected chi connectivity index (χ4v) is 3.11. The standard InChI is InChI=1S/C23H24N6O2/c1-28(2)8-9-31-22-12-17(6-7-24-22)23(30)27-21-11-19-10-16(4-5-18(19)13-25-21)20-14-26-29(3)15-20/h4-7,10-15H,8-9H2,1-3H3,(H,25,27,30). The maximum absolute atomic E-state index is 12.7. The van der Waals surface area contributed by atoms with E-state index in [1.54, 1.807) is 29.2 Å². The summed E-state index contributed by atoms with van der Waals surface area (Å²) in [7, 11) is 5.83. The number of nitrogens with one attached hydrogen (secondary N) is 1. The fourth-order valence-electron chi connectivity index (χ4n) is 3.11. The van der Waals surface area contributed by atoms with Crippen molar-refractivity contribution in [3.8, 4) is 17.0 Å². The van der Waals surface area contributed by atoms with Crippen molar-refractivity contribution >= 4 is 22.5 Å². The van der Waals surface area contributed by atoms with Crippen molar-refractivity contribution in [1.82, 2.24) is 24.6 Å². The van der Waals surface area contributed by atoms with Gasteiger partial charge in [0.05, 0.1) is 6.20 Å². The molecule has 158 valence electrons. The predicted molar refractivity (Wildman–Crippen MR) is 120 cm³/mol. The lowest BCUT2D eigenvalue weighted by Crippen LogP contribution is -2.20. The molecule has 1 N–H and O–H groups in total. The zero-order valence-electron chi connectivity index (χ0n) is 17.7. The molecule has 0 spiro atoms. The molecule has 8 nitrogen and oxygen atoms in total. The molecule has 0 bridgehead atoms. The monoisotopic (exact) mass is 416 g/mol. The van der Waals surface area contributed by atoms with E-state index in [4.69, 9.17) is 4.74 Å². The van der Waals surface area contributed by atoms with Crippen molar-refractivity contribution in [3.63, 3.8) is 0 Å². The number of benzene rings is 1. The smallest absolute Gasteiger partial charge is 0.257 e. The largest absolute Gasteiger partial charge is 0.476 e. The van der Waals surface area contributed by atoms with E-state index in [1.165, 1.54) is 0 Å². The summed E-state index contributed by atoms with van der Waals surface area (Å²) in [5, 5.41) is 9.06. The molecule has 0 aliphatic heterocycles. The van der Waals surface area contributed by atoms with Crippen molar-refractivity contribution in [2.24, 2.45) is 7.05 Å². The van der Waals surface area contributed by atoms with Gasteiger partial charge in [0.1, 0.15) is 12.4 Å². The Morgan fingerprint density at radius 3 is 2.71 bits per heavy atom. The number of pyridine rings is 2.